The molecule has 1 aliphatic heterocycles. The predicted octanol–water partition coefficient (Wildman–Crippen LogP) is 4.13. The maximum absolute atomic E-state index is 13.0. The van der Waals surface area contributed by atoms with Crippen LogP contribution in [-0.4, -0.2) is 47.8 Å². The second-order valence-corrected chi connectivity index (χ2v) is 7.35. The van der Waals surface area contributed by atoms with Crippen molar-refractivity contribution < 1.29 is 23.1 Å². The van der Waals surface area contributed by atoms with E-state index in [1.807, 2.05) is 24.3 Å². The van der Waals surface area contributed by atoms with Crippen molar-refractivity contribution in [2.45, 2.75) is 12.8 Å². The summed E-state index contributed by atoms with van der Waals surface area (Å²) in [5.41, 5.74) is 0.986. The van der Waals surface area contributed by atoms with Crippen LogP contribution >= 0.6 is 0 Å². The number of amides is 2. The Hall–Kier alpha value is -3.61. The molecule has 0 spiro atoms. The summed E-state index contributed by atoms with van der Waals surface area (Å²) in [6.07, 6.45) is 2.45. The lowest BCUT2D eigenvalue weighted by Crippen LogP contribution is -2.50. The topological polar surface area (TPSA) is 63.0 Å². The van der Waals surface area contributed by atoms with Crippen LogP contribution in [0.15, 0.2) is 71.3 Å². The molecule has 0 atom stereocenters. The number of ether oxygens (including phenoxy) is 1. The third-order valence-corrected chi connectivity index (χ3v) is 5.23. The van der Waals surface area contributed by atoms with Crippen LogP contribution in [0, 0.1) is 5.82 Å². The van der Waals surface area contributed by atoms with Crippen LogP contribution in [0.4, 0.5) is 4.39 Å². The van der Waals surface area contributed by atoms with E-state index in [1.54, 1.807) is 34.1 Å². The molecule has 6 nitrogen and oxygen atoms in total. The summed E-state index contributed by atoms with van der Waals surface area (Å²) in [6, 6.07) is 16.7. The number of furan rings is 1. The summed E-state index contributed by atoms with van der Waals surface area (Å²) in [6.45, 7) is 2.01. The minimum absolute atomic E-state index is 0.0648. The van der Waals surface area contributed by atoms with Crippen molar-refractivity contribution >= 4 is 11.8 Å². The fourth-order valence-electron chi connectivity index (χ4n) is 3.53. The van der Waals surface area contributed by atoms with E-state index in [2.05, 4.69) is 0 Å². The van der Waals surface area contributed by atoms with Gasteiger partial charge in [0.05, 0.1) is 6.26 Å². The van der Waals surface area contributed by atoms with Crippen molar-refractivity contribution in [3.05, 3.63) is 84.1 Å². The van der Waals surface area contributed by atoms with Gasteiger partial charge >= 0.3 is 0 Å². The molecular weight excluding hydrogens is 399 g/mol. The molecule has 4 rings (SSSR count). The summed E-state index contributed by atoms with van der Waals surface area (Å²) in [4.78, 5) is 28.5. The molecule has 0 radical (unpaired) electrons. The van der Waals surface area contributed by atoms with E-state index in [-0.39, 0.29) is 17.6 Å². The van der Waals surface area contributed by atoms with Crippen molar-refractivity contribution in [2.75, 3.05) is 26.2 Å². The van der Waals surface area contributed by atoms with Gasteiger partial charge in [-0.2, -0.15) is 0 Å². The number of aryl methyl sites for hydroxylation is 1. The number of hydrogen-bond donors (Lipinski definition) is 0. The minimum Gasteiger partial charge on any atom is -0.459 e. The molecule has 0 bridgehead atoms. The molecule has 31 heavy (non-hydrogen) atoms. The first-order valence-corrected chi connectivity index (χ1v) is 10.2. The second-order valence-electron chi connectivity index (χ2n) is 7.35. The highest BCUT2D eigenvalue weighted by molar-refractivity contribution is 5.91. The van der Waals surface area contributed by atoms with Gasteiger partial charge in [-0.15, -0.1) is 0 Å². The number of benzene rings is 2. The molecule has 3 aromatic rings. The Bertz CT molecular complexity index is 1030. The first-order chi connectivity index (χ1) is 15.1. The number of carbonyl (C=O) groups excluding carboxylic acids is 2. The Labute approximate surface area is 179 Å². The summed E-state index contributed by atoms with van der Waals surface area (Å²) in [5.74, 6) is 1.12. The van der Waals surface area contributed by atoms with Gasteiger partial charge in [-0.05, 0) is 60.5 Å². The number of piperazine rings is 1. The smallest absolute Gasteiger partial charge is 0.289 e. The number of halogens is 1. The van der Waals surface area contributed by atoms with Crippen LogP contribution in [0.25, 0.3) is 0 Å². The van der Waals surface area contributed by atoms with E-state index in [0.717, 1.165) is 5.56 Å². The Morgan fingerprint density at radius 3 is 2.35 bits per heavy atom. The third-order valence-electron chi connectivity index (χ3n) is 5.23. The molecule has 1 saturated heterocycles. The van der Waals surface area contributed by atoms with Gasteiger partial charge in [0.1, 0.15) is 17.3 Å². The Morgan fingerprint density at radius 2 is 1.65 bits per heavy atom. The summed E-state index contributed by atoms with van der Waals surface area (Å²) < 4.78 is 23.9. The first-order valence-electron chi connectivity index (χ1n) is 10.2. The zero-order valence-corrected chi connectivity index (χ0v) is 17.0. The normalized spacial score (nSPS) is 13.8. The van der Waals surface area contributed by atoms with E-state index in [0.29, 0.717) is 56.3 Å². The van der Waals surface area contributed by atoms with Crippen LogP contribution in [0.2, 0.25) is 0 Å². The SMILES string of the molecule is O=C(CCc1cccc(Oc2ccc(F)cc2)c1)N1CCN(C(=O)c2ccco2)CC1. The molecule has 1 aromatic heterocycles. The molecule has 2 heterocycles. The maximum Gasteiger partial charge on any atom is 0.289 e. The molecule has 0 unspecified atom stereocenters. The highest BCUT2D eigenvalue weighted by Gasteiger charge is 2.25. The Kier molecular flexibility index (Phi) is 6.31. The van der Waals surface area contributed by atoms with E-state index < -0.39 is 0 Å². The molecule has 0 aliphatic carbocycles. The molecule has 0 saturated carbocycles. The van der Waals surface area contributed by atoms with E-state index in [4.69, 9.17) is 9.15 Å². The lowest BCUT2D eigenvalue weighted by molar-refractivity contribution is -0.132. The van der Waals surface area contributed by atoms with Crippen molar-refractivity contribution in [2.24, 2.45) is 0 Å². The quantitative estimate of drug-likeness (QED) is 0.599. The number of carbonyl (C=O) groups is 2. The molecule has 2 aromatic carbocycles. The van der Waals surface area contributed by atoms with Crippen LogP contribution < -0.4 is 4.74 Å². The average molecular weight is 422 g/mol. The van der Waals surface area contributed by atoms with Gasteiger partial charge in [0.25, 0.3) is 5.91 Å². The van der Waals surface area contributed by atoms with Crippen LogP contribution in [0.3, 0.4) is 0 Å². The number of rotatable bonds is 6. The average Bonchev–Trinajstić information content (AvgIpc) is 3.34. The van der Waals surface area contributed by atoms with Gasteiger partial charge in [0, 0.05) is 32.6 Å². The maximum atomic E-state index is 13.0. The highest BCUT2D eigenvalue weighted by atomic mass is 19.1. The zero-order valence-electron chi connectivity index (χ0n) is 17.0. The molecule has 1 fully saturated rings. The summed E-state index contributed by atoms with van der Waals surface area (Å²) in [7, 11) is 0. The van der Waals surface area contributed by atoms with E-state index >= 15 is 0 Å². The van der Waals surface area contributed by atoms with Crippen molar-refractivity contribution in [1.82, 2.24) is 9.80 Å². The third kappa shape index (κ3) is 5.31. The molecule has 160 valence electrons. The van der Waals surface area contributed by atoms with Gasteiger partial charge < -0.3 is 19.0 Å². The predicted molar refractivity (Wildman–Crippen MR) is 112 cm³/mol. The summed E-state index contributed by atoms with van der Waals surface area (Å²) in [5, 5.41) is 0. The van der Waals surface area contributed by atoms with Gasteiger partial charge in [-0.25, -0.2) is 4.39 Å². The van der Waals surface area contributed by atoms with E-state index in [1.165, 1.54) is 18.4 Å². The molecule has 1 aliphatic rings. The Balaban J connectivity index is 1.26. The molecular formula is C24H23FN2O4. The fourth-order valence-corrected chi connectivity index (χ4v) is 3.53. The van der Waals surface area contributed by atoms with Crippen LogP contribution in [-0.2, 0) is 11.2 Å². The molecule has 7 heteroatoms. The lowest BCUT2D eigenvalue weighted by atomic mass is 10.1. The van der Waals surface area contributed by atoms with Crippen molar-refractivity contribution in [1.29, 1.82) is 0 Å². The summed E-state index contributed by atoms with van der Waals surface area (Å²) >= 11 is 0. The number of hydrogen-bond acceptors (Lipinski definition) is 4. The van der Waals surface area contributed by atoms with Gasteiger partial charge in [-0.1, -0.05) is 12.1 Å². The largest absolute Gasteiger partial charge is 0.459 e. The van der Waals surface area contributed by atoms with Gasteiger partial charge in [0.15, 0.2) is 5.76 Å². The minimum atomic E-state index is -0.314. The second kappa shape index (κ2) is 9.47. The lowest BCUT2D eigenvalue weighted by Gasteiger charge is -2.34. The van der Waals surface area contributed by atoms with Crippen molar-refractivity contribution in [3.63, 3.8) is 0 Å². The van der Waals surface area contributed by atoms with Crippen molar-refractivity contribution in [3.8, 4) is 11.5 Å². The first kappa shape index (κ1) is 20.7. The number of nitrogens with zero attached hydrogens (tertiary/aromatic N) is 2. The highest BCUT2D eigenvalue weighted by Crippen LogP contribution is 2.23. The fraction of sp³-hybridized carbons (Fsp3) is 0.250. The molecule has 0 N–H and O–H groups in total. The van der Waals surface area contributed by atoms with Crippen LogP contribution in [0.5, 0.6) is 11.5 Å². The standard InChI is InChI=1S/C24H23FN2O4/c25-19-7-9-20(10-8-19)31-21-4-1-3-18(17-21)6-11-23(28)26-12-14-27(15-13-26)24(29)22-5-2-16-30-22/h1-5,7-10,16-17H,6,11-15H2. The molecule has 2 amide bonds. The zero-order chi connectivity index (χ0) is 21.6. The van der Waals surface area contributed by atoms with Crippen LogP contribution in [0.1, 0.15) is 22.5 Å². The van der Waals surface area contributed by atoms with Gasteiger partial charge in [0.2, 0.25) is 5.91 Å². The van der Waals surface area contributed by atoms with E-state index in [9.17, 15) is 14.0 Å². The Morgan fingerprint density at radius 1 is 0.903 bits per heavy atom. The monoisotopic (exact) mass is 422 g/mol. The van der Waals surface area contributed by atoms with Gasteiger partial charge in [-0.3, -0.25) is 9.59 Å².